The van der Waals surface area contributed by atoms with E-state index in [2.05, 4.69) is 29.5 Å². The second kappa shape index (κ2) is 6.89. The summed E-state index contributed by atoms with van der Waals surface area (Å²) < 4.78 is 5.99. The molecule has 116 valence electrons. The third-order valence-corrected chi connectivity index (χ3v) is 4.37. The molecule has 0 aliphatic carbocycles. The molecule has 1 aromatic heterocycles. The van der Waals surface area contributed by atoms with Crippen molar-refractivity contribution in [1.82, 2.24) is 10.3 Å². The lowest BCUT2D eigenvalue weighted by Crippen LogP contribution is -2.43. The first kappa shape index (κ1) is 15.8. The molecule has 0 bridgehead atoms. The van der Waals surface area contributed by atoms with Crippen LogP contribution in [0.3, 0.4) is 0 Å². The molecule has 1 amide bonds. The lowest BCUT2D eigenvalue weighted by atomic mass is 9.86. The number of pyridine rings is 1. The summed E-state index contributed by atoms with van der Waals surface area (Å²) in [5.41, 5.74) is 1.37. The van der Waals surface area contributed by atoms with Gasteiger partial charge in [0.1, 0.15) is 5.69 Å². The summed E-state index contributed by atoms with van der Waals surface area (Å²) in [5, 5.41) is 6.12. The third-order valence-electron chi connectivity index (χ3n) is 4.37. The lowest BCUT2D eigenvalue weighted by Gasteiger charge is -2.40. The van der Waals surface area contributed by atoms with E-state index in [1.807, 2.05) is 6.07 Å². The average molecular weight is 291 g/mol. The summed E-state index contributed by atoms with van der Waals surface area (Å²) in [7, 11) is 1.61. The lowest BCUT2D eigenvalue weighted by molar-refractivity contribution is -0.0864. The predicted octanol–water partition coefficient (Wildman–Crippen LogP) is 2.59. The molecule has 5 heteroatoms. The zero-order valence-corrected chi connectivity index (χ0v) is 13.1. The third kappa shape index (κ3) is 3.73. The van der Waals surface area contributed by atoms with Gasteiger partial charge >= 0.3 is 0 Å². The van der Waals surface area contributed by atoms with Crippen LogP contribution in [0.5, 0.6) is 0 Å². The molecule has 0 radical (unpaired) electrons. The molecule has 0 spiro atoms. The Bertz CT molecular complexity index is 486. The minimum absolute atomic E-state index is 0.00737. The van der Waals surface area contributed by atoms with Gasteiger partial charge in [-0.05, 0) is 37.8 Å². The van der Waals surface area contributed by atoms with Crippen molar-refractivity contribution in [1.29, 1.82) is 0 Å². The Morgan fingerprint density at radius 1 is 1.48 bits per heavy atom. The summed E-state index contributed by atoms with van der Waals surface area (Å²) in [6.07, 6.45) is 5.71. The van der Waals surface area contributed by atoms with Crippen LogP contribution in [0.15, 0.2) is 18.3 Å². The van der Waals surface area contributed by atoms with Crippen LogP contribution < -0.4 is 10.6 Å². The Labute approximate surface area is 126 Å². The maximum Gasteiger partial charge on any atom is 0.269 e. The van der Waals surface area contributed by atoms with Crippen molar-refractivity contribution in [2.24, 2.45) is 0 Å². The van der Waals surface area contributed by atoms with Crippen LogP contribution in [0, 0.1) is 0 Å². The van der Waals surface area contributed by atoms with E-state index in [0.29, 0.717) is 11.7 Å². The molecule has 2 rings (SSSR count). The van der Waals surface area contributed by atoms with Crippen molar-refractivity contribution in [2.75, 3.05) is 19.0 Å². The van der Waals surface area contributed by atoms with E-state index >= 15 is 0 Å². The maximum atomic E-state index is 11.6. The molecule has 0 saturated carbocycles. The molecule has 0 aromatic carbocycles. The minimum Gasteiger partial charge on any atom is -0.382 e. The van der Waals surface area contributed by atoms with Crippen LogP contribution in [-0.2, 0) is 4.74 Å². The maximum absolute atomic E-state index is 11.6. The fraction of sp³-hybridized carbons (Fsp3) is 0.625. The molecular weight excluding hydrogens is 266 g/mol. The second-order valence-electron chi connectivity index (χ2n) is 5.58. The molecule has 1 aliphatic rings. The zero-order chi connectivity index (χ0) is 15.3. The van der Waals surface area contributed by atoms with E-state index in [4.69, 9.17) is 4.74 Å². The smallest absolute Gasteiger partial charge is 0.269 e. The van der Waals surface area contributed by atoms with Crippen LogP contribution in [-0.4, -0.2) is 36.2 Å². The summed E-state index contributed by atoms with van der Waals surface area (Å²) in [6, 6.07) is 4.08. The highest BCUT2D eigenvalue weighted by Gasteiger charge is 2.34. The Kier molecular flexibility index (Phi) is 5.17. The van der Waals surface area contributed by atoms with E-state index < -0.39 is 0 Å². The molecular formula is C16H25N3O2. The molecule has 1 aliphatic heterocycles. The van der Waals surface area contributed by atoms with Crippen LogP contribution in [0.4, 0.5) is 5.69 Å². The van der Waals surface area contributed by atoms with Gasteiger partial charge in [-0.2, -0.15) is 0 Å². The van der Waals surface area contributed by atoms with Crippen LogP contribution >= 0.6 is 0 Å². The molecule has 1 saturated heterocycles. The predicted molar refractivity (Wildman–Crippen MR) is 83.5 cm³/mol. The van der Waals surface area contributed by atoms with Gasteiger partial charge in [-0.3, -0.25) is 9.78 Å². The Morgan fingerprint density at radius 3 is 2.90 bits per heavy atom. The van der Waals surface area contributed by atoms with E-state index in [1.165, 1.54) is 0 Å². The average Bonchev–Trinajstić information content (AvgIpc) is 2.54. The van der Waals surface area contributed by atoms with Gasteiger partial charge in [0, 0.05) is 31.6 Å². The summed E-state index contributed by atoms with van der Waals surface area (Å²) in [4.78, 5) is 15.7. The number of anilines is 1. The summed E-state index contributed by atoms with van der Waals surface area (Å²) >= 11 is 0. The van der Waals surface area contributed by atoms with Gasteiger partial charge in [0.2, 0.25) is 0 Å². The van der Waals surface area contributed by atoms with Crippen LogP contribution in [0.2, 0.25) is 0 Å². The fourth-order valence-electron chi connectivity index (χ4n) is 2.90. The monoisotopic (exact) mass is 291 g/mol. The largest absolute Gasteiger partial charge is 0.382 e. The van der Waals surface area contributed by atoms with Gasteiger partial charge in [0.15, 0.2) is 0 Å². The molecule has 21 heavy (non-hydrogen) atoms. The Hall–Kier alpha value is -1.62. The Morgan fingerprint density at radius 2 is 2.24 bits per heavy atom. The highest BCUT2D eigenvalue weighted by atomic mass is 16.5. The van der Waals surface area contributed by atoms with Gasteiger partial charge in [0.25, 0.3) is 5.91 Å². The first-order chi connectivity index (χ1) is 10.1. The van der Waals surface area contributed by atoms with Crippen molar-refractivity contribution >= 4 is 11.6 Å². The van der Waals surface area contributed by atoms with Crippen molar-refractivity contribution in [3.8, 4) is 0 Å². The van der Waals surface area contributed by atoms with E-state index in [1.54, 1.807) is 19.3 Å². The molecule has 2 N–H and O–H groups in total. The van der Waals surface area contributed by atoms with Crippen molar-refractivity contribution in [3.63, 3.8) is 0 Å². The molecule has 1 unspecified atom stereocenters. The zero-order valence-electron chi connectivity index (χ0n) is 13.1. The first-order valence-electron chi connectivity index (χ1n) is 7.71. The van der Waals surface area contributed by atoms with Crippen LogP contribution in [0.1, 0.15) is 50.0 Å². The first-order valence-corrected chi connectivity index (χ1v) is 7.71. The van der Waals surface area contributed by atoms with E-state index in [-0.39, 0.29) is 11.5 Å². The number of nitrogens with zero attached hydrogens (tertiary/aromatic N) is 1. The molecule has 1 atom stereocenters. The topological polar surface area (TPSA) is 63.2 Å². The standard InChI is InChI=1S/C16H25N3O2/c1-4-16(5-2)11-13(7-9-21-16)19-12-6-8-18-14(10-12)15(20)17-3/h6,8,10,13H,4-5,7,9,11H2,1-3H3,(H,17,20)(H,18,19). The molecule has 1 aromatic rings. The van der Waals surface area contributed by atoms with Crippen molar-refractivity contribution < 1.29 is 9.53 Å². The quantitative estimate of drug-likeness (QED) is 0.875. The SMILES string of the molecule is CCC1(CC)CC(Nc2ccnc(C(=O)NC)c2)CCO1. The highest BCUT2D eigenvalue weighted by molar-refractivity contribution is 5.92. The number of nitrogens with one attached hydrogen (secondary N) is 2. The number of hydrogen-bond donors (Lipinski definition) is 2. The molecule has 2 heterocycles. The number of rotatable bonds is 5. The fourth-order valence-corrected chi connectivity index (χ4v) is 2.90. The van der Waals surface area contributed by atoms with Gasteiger partial charge in [0.05, 0.1) is 5.60 Å². The summed E-state index contributed by atoms with van der Waals surface area (Å²) in [6.45, 7) is 5.15. The van der Waals surface area contributed by atoms with Gasteiger partial charge < -0.3 is 15.4 Å². The normalized spacial score (nSPS) is 20.8. The summed E-state index contributed by atoms with van der Waals surface area (Å²) in [5.74, 6) is -0.165. The number of ether oxygens (including phenoxy) is 1. The van der Waals surface area contributed by atoms with Gasteiger partial charge in [-0.15, -0.1) is 0 Å². The van der Waals surface area contributed by atoms with E-state index in [0.717, 1.165) is 38.0 Å². The minimum atomic E-state index is -0.165. The number of aromatic nitrogens is 1. The number of carbonyl (C=O) groups excluding carboxylic acids is 1. The van der Waals surface area contributed by atoms with Gasteiger partial charge in [-0.25, -0.2) is 0 Å². The molecule has 1 fully saturated rings. The van der Waals surface area contributed by atoms with Crippen molar-refractivity contribution in [3.05, 3.63) is 24.0 Å². The second-order valence-corrected chi connectivity index (χ2v) is 5.58. The number of hydrogen-bond acceptors (Lipinski definition) is 4. The van der Waals surface area contributed by atoms with E-state index in [9.17, 15) is 4.79 Å². The number of carbonyl (C=O) groups is 1. The molecule has 5 nitrogen and oxygen atoms in total. The van der Waals surface area contributed by atoms with Gasteiger partial charge in [-0.1, -0.05) is 13.8 Å². The number of amides is 1. The van der Waals surface area contributed by atoms with Crippen LogP contribution in [0.25, 0.3) is 0 Å². The van der Waals surface area contributed by atoms with Crippen molar-refractivity contribution in [2.45, 2.75) is 51.2 Å². The Balaban J connectivity index is 2.06. The highest BCUT2D eigenvalue weighted by Crippen LogP contribution is 2.32.